The van der Waals surface area contributed by atoms with Crippen molar-refractivity contribution in [1.29, 1.82) is 0 Å². The number of imidazole rings is 1. The Kier molecular flexibility index (Phi) is 3.60. The number of fused-ring (bicyclic) bond motifs is 1. The van der Waals surface area contributed by atoms with Crippen LogP contribution in [0.4, 0.5) is 17.6 Å². The second-order valence-electron chi connectivity index (χ2n) is 4.78. The van der Waals surface area contributed by atoms with Crippen LogP contribution in [0.25, 0.3) is 22.2 Å². The van der Waals surface area contributed by atoms with Crippen LogP contribution >= 0.6 is 11.6 Å². The minimum absolute atomic E-state index is 0.0168. The maximum atomic E-state index is 13.3. The lowest BCUT2D eigenvalue weighted by Crippen LogP contribution is -2.06. The van der Waals surface area contributed by atoms with Crippen molar-refractivity contribution in [2.45, 2.75) is 6.18 Å². The van der Waals surface area contributed by atoms with Gasteiger partial charge in [-0.05, 0) is 47.0 Å². The number of halogens is 5. The average molecular weight is 343 g/mol. The van der Waals surface area contributed by atoms with E-state index in [4.69, 9.17) is 11.6 Å². The molecule has 1 N–H and O–H groups in total. The van der Waals surface area contributed by atoms with Crippen molar-refractivity contribution in [2.75, 3.05) is 0 Å². The van der Waals surface area contributed by atoms with Gasteiger partial charge in [0.05, 0.1) is 11.1 Å². The molecule has 3 aromatic rings. The molecule has 8 heteroatoms. The largest absolute Gasteiger partial charge is 0.418 e. The van der Waals surface area contributed by atoms with Gasteiger partial charge in [0.15, 0.2) is 5.82 Å². The Morgan fingerprint density at radius 1 is 1.09 bits per heavy atom. The van der Waals surface area contributed by atoms with Crippen molar-refractivity contribution < 1.29 is 22.4 Å². The summed E-state index contributed by atoms with van der Waals surface area (Å²) in [5.41, 5.74) is -0.778. The molecule has 1 heterocycles. The van der Waals surface area contributed by atoms with Crippen molar-refractivity contribution in [3.05, 3.63) is 53.6 Å². The zero-order valence-corrected chi connectivity index (χ0v) is 12.0. The van der Waals surface area contributed by atoms with Gasteiger partial charge in [0.2, 0.25) is 0 Å². The van der Waals surface area contributed by atoms with Crippen LogP contribution in [0.2, 0.25) is 0 Å². The molecule has 0 fully saturated rings. The third kappa shape index (κ3) is 2.92. The van der Waals surface area contributed by atoms with Crippen LogP contribution < -0.4 is 0 Å². The molecular formula is C15H7ClF4N2O. The van der Waals surface area contributed by atoms with E-state index in [1.54, 1.807) is 0 Å². The summed E-state index contributed by atoms with van der Waals surface area (Å²) >= 11 is 5.26. The molecule has 0 aliphatic rings. The van der Waals surface area contributed by atoms with E-state index in [0.717, 1.165) is 18.2 Å². The Hall–Kier alpha value is -2.41. The Morgan fingerprint density at radius 3 is 2.30 bits per heavy atom. The minimum Gasteiger partial charge on any atom is -0.334 e. The number of nitrogens with zero attached hydrogens (tertiary/aromatic N) is 1. The summed E-state index contributed by atoms with van der Waals surface area (Å²) in [5.74, 6) is -0.870. The predicted molar refractivity (Wildman–Crippen MR) is 76.7 cm³/mol. The van der Waals surface area contributed by atoms with Gasteiger partial charge in [-0.15, -0.1) is 0 Å². The number of carbonyl (C=O) groups excluding carboxylic acids is 1. The Labute approximate surface area is 131 Å². The molecule has 0 amide bonds. The van der Waals surface area contributed by atoms with Gasteiger partial charge in [-0.1, -0.05) is 12.1 Å². The second-order valence-corrected chi connectivity index (χ2v) is 5.13. The number of hydrogen-bond acceptors (Lipinski definition) is 2. The van der Waals surface area contributed by atoms with E-state index >= 15 is 0 Å². The van der Waals surface area contributed by atoms with E-state index in [9.17, 15) is 22.4 Å². The first-order chi connectivity index (χ1) is 10.8. The summed E-state index contributed by atoms with van der Waals surface area (Å²) in [7, 11) is 0. The molecule has 3 nitrogen and oxygen atoms in total. The average Bonchev–Trinajstić information content (AvgIpc) is 2.90. The monoisotopic (exact) mass is 342 g/mol. The summed E-state index contributed by atoms with van der Waals surface area (Å²) in [4.78, 5) is 17.2. The number of hydrogen-bond donors (Lipinski definition) is 1. The Morgan fingerprint density at radius 2 is 1.74 bits per heavy atom. The highest BCUT2D eigenvalue weighted by Gasteiger charge is 2.35. The van der Waals surface area contributed by atoms with Crippen LogP contribution in [-0.2, 0) is 6.18 Å². The highest BCUT2D eigenvalue weighted by molar-refractivity contribution is 6.67. The SMILES string of the molecule is O=C(Cl)c1nc2c(C(F)(F)F)cc(-c3ccc(F)cc3)cc2[nH]1. The number of carbonyl (C=O) groups is 1. The lowest BCUT2D eigenvalue weighted by atomic mass is 10.0. The van der Waals surface area contributed by atoms with Gasteiger partial charge >= 0.3 is 6.18 Å². The number of nitrogens with one attached hydrogen (secondary N) is 1. The van der Waals surface area contributed by atoms with Gasteiger partial charge < -0.3 is 4.98 Å². The summed E-state index contributed by atoms with van der Waals surface area (Å²) in [6.45, 7) is 0. The maximum Gasteiger partial charge on any atom is 0.418 e. The van der Waals surface area contributed by atoms with Crippen LogP contribution in [-0.4, -0.2) is 15.2 Å². The normalized spacial score (nSPS) is 11.9. The van der Waals surface area contributed by atoms with Crippen LogP contribution in [0.3, 0.4) is 0 Å². The number of aromatic nitrogens is 2. The molecule has 3 rings (SSSR count). The van der Waals surface area contributed by atoms with Crippen molar-refractivity contribution >= 4 is 27.9 Å². The number of alkyl halides is 3. The summed E-state index contributed by atoms with van der Waals surface area (Å²) in [6, 6.07) is 7.31. The molecule has 2 aromatic carbocycles. The molecule has 0 bridgehead atoms. The number of H-pyrrole nitrogens is 1. The maximum absolute atomic E-state index is 13.3. The van der Waals surface area contributed by atoms with Gasteiger partial charge in [-0.3, -0.25) is 4.79 Å². The fourth-order valence-electron chi connectivity index (χ4n) is 2.24. The van der Waals surface area contributed by atoms with Crippen molar-refractivity contribution in [3.63, 3.8) is 0 Å². The van der Waals surface area contributed by atoms with Gasteiger partial charge in [-0.2, -0.15) is 13.2 Å². The molecule has 0 aliphatic heterocycles. The number of rotatable bonds is 2. The summed E-state index contributed by atoms with van der Waals surface area (Å²) < 4.78 is 52.7. The van der Waals surface area contributed by atoms with E-state index < -0.39 is 28.3 Å². The van der Waals surface area contributed by atoms with Gasteiger partial charge in [0.1, 0.15) is 11.3 Å². The number of benzene rings is 2. The third-order valence-corrected chi connectivity index (χ3v) is 3.43. The first-order valence-corrected chi connectivity index (χ1v) is 6.70. The first kappa shape index (κ1) is 15.5. The van der Waals surface area contributed by atoms with Crippen molar-refractivity contribution in [1.82, 2.24) is 9.97 Å². The second kappa shape index (κ2) is 5.34. The fourth-order valence-corrected chi connectivity index (χ4v) is 2.33. The van der Waals surface area contributed by atoms with Crippen molar-refractivity contribution in [2.24, 2.45) is 0 Å². The van der Waals surface area contributed by atoms with E-state index in [1.165, 1.54) is 18.2 Å². The van der Waals surface area contributed by atoms with Crippen LogP contribution in [0, 0.1) is 5.82 Å². The van der Waals surface area contributed by atoms with E-state index in [2.05, 4.69) is 9.97 Å². The zero-order valence-electron chi connectivity index (χ0n) is 11.2. The molecule has 0 saturated heterocycles. The molecule has 0 atom stereocenters. The topological polar surface area (TPSA) is 45.8 Å². The van der Waals surface area contributed by atoms with Gasteiger partial charge in [0, 0.05) is 0 Å². The van der Waals surface area contributed by atoms with E-state index in [0.29, 0.717) is 5.56 Å². The minimum atomic E-state index is -4.67. The molecule has 118 valence electrons. The molecule has 0 radical (unpaired) electrons. The van der Waals surface area contributed by atoms with Crippen LogP contribution in [0.15, 0.2) is 36.4 Å². The fraction of sp³-hybridized carbons (Fsp3) is 0.0667. The third-order valence-electron chi connectivity index (χ3n) is 3.26. The van der Waals surface area contributed by atoms with E-state index in [-0.39, 0.29) is 16.9 Å². The zero-order chi connectivity index (χ0) is 16.8. The predicted octanol–water partition coefficient (Wildman–Crippen LogP) is 4.77. The highest BCUT2D eigenvalue weighted by Crippen LogP contribution is 2.37. The lowest BCUT2D eigenvalue weighted by Gasteiger charge is -2.10. The van der Waals surface area contributed by atoms with Crippen LogP contribution in [0.1, 0.15) is 16.2 Å². The van der Waals surface area contributed by atoms with Crippen molar-refractivity contribution in [3.8, 4) is 11.1 Å². The standard InChI is InChI=1S/C15H7ClF4N2O/c16-13(23)14-21-11-6-8(7-1-3-9(17)4-2-7)5-10(12(11)22-14)15(18,19)20/h1-6H,(H,21,22). The molecule has 23 heavy (non-hydrogen) atoms. The highest BCUT2D eigenvalue weighted by atomic mass is 35.5. The molecule has 0 saturated carbocycles. The van der Waals surface area contributed by atoms with Crippen LogP contribution in [0.5, 0.6) is 0 Å². The Bertz CT molecular complexity index is 900. The van der Waals surface area contributed by atoms with E-state index in [1.807, 2.05) is 0 Å². The molecule has 0 spiro atoms. The molecular weight excluding hydrogens is 336 g/mol. The molecule has 0 unspecified atom stereocenters. The first-order valence-electron chi connectivity index (χ1n) is 6.32. The summed E-state index contributed by atoms with van der Waals surface area (Å²) in [5, 5.41) is -0.988. The Balaban J connectivity index is 2.28. The quantitative estimate of drug-likeness (QED) is 0.539. The van der Waals surface area contributed by atoms with Gasteiger partial charge in [0.25, 0.3) is 5.24 Å². The molecule has 1 aromatic heterocycles. The molecule has 0 aliphatic carbocycles. The smallest absolute Gasteiger partial charge is 0.334 e. The number of aromatic amines is 1. The lowest BCUT2D eigenvalue weighted by molar-refractivity contribution is -0.136. The summed E-state index contributed by atoms with van der Waals surface area (Å²) in [6.07, 6.45) is -4.67. The van der Waals surface area contributed by atoms with Gasteiger partial charge in [-0.25, -0.2) is 9.37 Å².